The molecule has 1 fully saturated rings. The first-order valence-electron chi connectivity index (χ1n) is 7.35. The van der Waals surface area contributed by atoms with Crippen molar-refractivity contribution in [1.29, 1.82) is 0 Å². The minimum atomic E-state index is -0.101. The average molecular weight is 347 g/mol. The molecule has 0 spiro atoms. The number of fused-ring (bicyclic) bond motifs is 1. The largest absolute Gasteiger partial charge is 0.346 e. The van der Waals surface area contributed by atoms with E-state index >= 15 is 0 Å². The van der Waals surface area contributed by atoms with E-state index in [1.165, 1.54) is 11.3 Å². The van der Waals surface area contributed by atoms with Crippen LogP contribution in [0.2, 0.25) is 0 Å². The van der Waals surface area contributed by atoms with E-state index in [-0.39, 0.29) is 11.5 Å². The molecule has 1 aliphatic rings. The number of aromatic nitrogens is 2. The molecule has 8 heteroatoms. The number of aromatic amines is 1. The Bertz CT molecular complexity index is 913. The van der Waals surface area contributed by atoms with Crippen molar-refractivity contribution >= 4 is 38.8 Å². The number of hydrogen-bond acceptors (Lipinski definition) is 5. The van der Waals surface area contributed by atoms with Crippen LogP contribution in [0.1, 0.15) is 5.82 Å². The van der Waals surface area contributed by atoms with E-state index in [9.17, 15) is 9.59 Å². The minimum Gasteiger partial charge on any atom is -0.346 e. The Hall–Kier alpha value is -2.03. The van der Waals surface area contributed by atoms with E-state index in [1.807, 2.05) is 22.9 Å². The number of carbonyl (C=O) groups excluding carboxylic acids is 1. The summed E-state index contributed by atoms with van der Waals surface area (Å²) in [6, 6.07) is 3.99. The molecule has 1 unspecified atom stereocenters. The van der Waals surface area contributed by atoms with Crippen molar-refractivity contribution in [3.05, 3.63) is 39.1 Å². The van der Waals surface area contributed by atoms with Gasteiger partial charge >= 0.3 is 0 Å². The minimum absolute atomic E-state index is 0.0470. The normalized spacial score (nSPS) is 18.3. The van der Waals surface area contributed by atoms with Gasteiger partial charge in [0.1, 0.15) is 11.4 Å². The van der Waals surface area contributed by atoms with Crippen LogP contribution in [0.25, 0.3) is 20.7 Å². The number of nitrogens with zero attached hydrogens (tertiary/aromatic N) is 1. The van der Waals surface area contributed by atoms with Crippen molar-refractivity contribution in [3.63, 3.8) is 0 Å². The second-order valence-electron chi connectivity index (χ2n) is 5.52. The van der Waals surface area contributed by atoms with Gasteiger partial charge in [-0.1, -0.05) is 6.07 Å². The van der Waals surface area contributed by atoms with Gasteiger partial charge in [-0.05, 0) is 11.4 Å². The molecule has 0 aromatic carbocycles. The SMILES string of the molecule is O=C1C[NH+](Cc2nc3scc(-c4cccs4)c3c(=O)[nH]2)CCN1. The number of rotatable bonds is 3. The van der Waals surface area contributed by atoms with Crippen LogP contribution in [0, 0.1) is 0 Å². The van der Waals surface area contributed by atoms with E-state index in [2.05, 4.69) is 15.3 Å². The maximum Gasteiger partial charge on any atom is 0.275 e. The van der Waals surface area contributed by atoms with Crippen molar-refractivity contribution in [2.24, 2.45) is 0 Å². The van der Waals surface area contributed by atoms with Crippen LogP contribution in [0.4, 0.5) is 0 Å². The number of carbonyl (C=O) groups is 1. The van der Waals surface area contributed by atoms with Gasteiger partial charge in [0.25, 0.3) is 11.5 Å². The summed E-state index contributed by atoms with van der Waals surface area (Å²) >= 11 is 3.10. The predicted molar refractivity (Wildman–Crippen MR) is 91.0 cm³/mol. The van der Waals surface area contributed by atoms with Gasteiger partial charge in [-0.15, -0.1) is 22.7 Å². The van der Waals surface area contributed by atoms with Gasteiger partial charge in [0.2, 0.25) is 0 Å². The van der Waals surface area contributed by atoms with E-state index in [4.69, 9.17) is 0 Å². The fraction of sp³-hybridized carbons (Fsp3) is 0.267. The molecule has 118 valence electrons. The number of hydrogen-bond donors (Lipinski definition) is 3. The molecule has 4 heterocycles. The third kappa shape index (κ3) is 2.80. The number of H-pyrrole nitrogens is 1. The topological polar surface area (TPSA) is 79.3 Å². The molecule has 3 aromatic rings. The van der Waals surface area contributed by atoms with Crippen LogP contribution in [0.5, 0.6) is 0 Å². The highest BCUT2D eigenvalue weighted by molar-refractivity contribution is 7.18. The molecular weight excluding hydrogens is 332 g/mol. The van der Waals surface area contributed by atoms with Crippen molar-refractivity contribution in [1.82, 2.24) is 15.3 Å². The highest BCUT2D eigenvalue weighted by atomic mass is 32.1. The maximum atomic E-state index is 12.5. The van der Waals surface area contributed by atoms with Gasteiger partial charge in [-0.2, -0.15) is 0 Å². The van der Waals surface area contributed by atoms with Crippen LogP contribution in [-0.4, -0.2) is 35.5 Å². The van der Waals surface area contributed by atoms with Crippen LogP contribution < -0.4 is 15.8 Å². The van der Waals surface area contributed by atoms with Crippen LogP contribution >= 0.6 is 22.7 Å². The van der Waals surface area contributed by atoms with Gasteiger partial charge in [-0.3, -0.25) is 9.59 Å². The zero-order chi connectivity index (χ0) is 15.8. The van der Waals surface area contributed by atoms with E-state index in [1.54, 1.807) is 11.3 Å². The Kier molecular flexibility index (Phi) is 3.72. The van der Waals surface area contributed by atoms with Crippen LogP contribution in [-0.2, 0) is 11.3 Å². The van der Waals surface area contributed by atoms with Crippen molar-refractivity contribution in [2.45, 2.75) is 6.54 Å². The summed E-state index contributed by atoms with van der Waals surface area (Å²) in [5.74, 6) is 0.692. The standard InChI is InChI=1S/C15H14N4O2S2/c20-12-7-19(4-3-16-12)6-11-17-14(21)13-9(8-23-15(13)18-11)10-2-1-5-22-10/h1-2,5,8H,3-4,6-7H2,(H,16,20)(H,17,18,21)/p+1. The molecule has 3 aromatic heterocycles. The van der Waals surface area contributed by atoms with Gasteiger partial charge in [0.15, 0.2) is 12.4 Å². The Balaban J connectivity index is 1.68. The van der Waals surface area contributed by atoms with Crippen LogP contribution in [0.3, 0.4) is 0 Å². The number of amides is 1. The molecule has 1 atom stereocenters. The molecule has 1 amide bonds. The smallest absolute Gasteiger partial charge is 0.275 e. The fourth-order valence-electron chi connectivity index (χ4n) is 2.83. The number of nitrogens with one attached hydrogen (secondary N) is 3. The zero-order valence-corrected chi connectivity index (χ0v) is 13.9. The first-order valence-corrected chi connectivity index (χ1v) is 9.11. The molecule has 0 saturated carbocycles. The fourth-order valence-corrected chi connectivity index (χ4v) is 4.62. The number of thiophene rings is 2. The van der Waals surface area contributed by atoms with E-state index < -0.39 is 0 Å². The Morgan fingerprint density at radius 2 is 2.22 bits per heavy atom. The molecule has 4 rings (SSSR count). The predicted octanol–water partition coefficient (Wildman–Crippen LogP) is 0.228. The summed E-state index contributed by atoms with van der Waals surface area (Å²) in [5.41, 5.74) is 0.848. The van der Waals surface area contributed by atoms with Gasteiger partial charge in [0.05, 0.1) is 18.5 Å². The summed E-state index contributed by atoms with van der Waals surface area (Å²) in [7, 11) is 0. The van der Waals surface area contributed by atoms with Crippen molar-refractivity contribution < 1.29 is 9.69 Å². The quantitative estimate of drug-likeness (QED) is 0.634. The third-order valence-electron chi connectivity index (χ3n) is 3.91. The highest BCUT2D eigenvalue weighted by Crippen LogP contribution is 2.33. The summed E-state index contributed by atoms with van der Waals surface area (Å²) in [6.07, 6.45) is 0. The first-order chi connectivity index (χ1) is 11.2. The van der Waals surface area contributed by atoms with Gasteiger partial charge < -0.3 is 15.2 Å². The summed E-state index contributed by atoms with van der Waals surface area (Å²) in [5, 5.41) is 7.46. The summed E-state index contributed by atoms with van der Waals surface area (Å²) in [6.45, 7) is 2.50. The number of quaternary nitrogens is 1. The monoisotopic (exact) mass is 347 g/mol. The lowest BCUT2D eigenvalue weighted by molar-refractivity contribution is -0.907. The first kappa shape index (κ1) is 14.6. The van der Waals surface area contributed by atoms with Crippen molar-refractivity contribution in [3.8, 4) is 10.4 Å². The zero-order valence-electron chi connectivity index (χ0n) is 12.2. The molecule has 3 N–H and O–H groups in total. The second kappa shape index (κ2) is 5.88. The third-order valence-corrected chi connectivity index (χ3v) is 5.68. The second-order valence-corrected chi connectivity index (χ2v) is 7.33. The summed E-state index contributed by atoms with van der Waals surface area (Å²) in [4.78, 5) is 34.4. The van der Waals surface area contributed by atoms with Crippen LogP contribution in [0.15, 0.2) is 27.7 Å². The molecule has 23 heavy (non-hydrogen) atoms. The molecule has 1 saturated heterocycles. The van der Waals surface area contributed by atoms with Gasteiger partial charge in [-0.25, -0.2) is 4.98 Å². The summed E-state index contributed by atoms with van der Waals surface area (Å²) < 4.78 is 0. The lowest BCUT2D eigenvalue weighted by atomic mass is 10.2. The molecule has 0 radical (unpaired) electrons. The lowest BCUT2D eigenvalue weighted by Gasteiger charge is -2.22. The molecule has 0 aliphatic carbocycles. The van der Waals surface area contributed by atoms with Crippen molar-refractivity contribution in [2.75, 3.05) is 19.6 Å². The Morgan fingerprint density at radius 1 is 1.30 bits per heavy atom. The average Bonchev–Trinajstić information content (AvgIpc) is 3.15. The highest BCUT2D eigenvalue weighted by Gasteiger charge is 2.21. The molecule has 6 nitrogen and oxygen atoms in total. The molecule has 0 bridgehead atoms. The maximum absolute atomic E-state index is 12.5. The lowest BCUT2D eigenvalue weighted by Crippen LogP contribution is -3.14. The molecular formula is C15H15N4O2S2+. The Morgan fingerprint density at radius 3 is 3.00 bits per heavy atom. The van der Waals surface area contributed by atoms with E-state index in [0.717, 1.165) is 26.7 Å². The van der Waals surface area contributed by atoms with E-state index in [0.29, 0.717) is 30.8 Å². The van der Waals surface area contributed by atoms with Gasteiger partial charge in [0, 0.05) is 15.8 Å². The number of piperazine rings is 1. The molecule has 1 aliphatic heterocycles. The Labute approximate surface area is 139 Å².